The maximum atomic E-state index is 11.4. The summed E-state index contributed by atoms with van der Waals surface area (Å²) in [7, 11) is 0. The van der Waals surface area contributed by atoms with E-state index in [1.54, 1.807) is 0 Å². The molecule has 0 saturated heterocycles. The highest BCUT2D eigenvalue weighted by Crippen LogP contribution is 2.34. The Morgan fingerprint density at radius 3 is 2.38 bits per heavy atom. The van der Waals surface area contributed by atoms with Crippen molar-refractivity contribution < 1.29 is 9.90 Å². The lowest BCUT2D eigenvalue weighted by Crippen LogP contribution is -2.23. The van der Waals surface area contributed by atoms with Gasteiger partial charge in [0.1, 0.15) is 6.10 Å². The Bertz CT molecular complexity index is 187. The van der Waals surface area contributed by atoms with Crippen LogP contribution in [-0.2, 0) is 4.79 Å². The zero-order valence-corrected chi connectivity index (χ0v) is 8.84. The number of rotatable bonds is 4. The number of Topliss-reactive ketones (excluding diaryl/α,β-unsaturated/α-hetero) is 1. The van der Waals surface area contributed by atoms with Crippen molar-refractivity contribution in [1.29, 1.82) is 0 Å². The first-order valence-electron chi connectivity index (χ1n) is 5.11. The van der Waals surface area contributed by atoms with Gasteiger partial charge in [-0.1, -0.05) is 20.8 Å². The van der Waals surface area contributed by atoms with Crippen molar-refractivity contribution in [3.05, 3.63) is 0 Å². The smallest absolute Gasteiger partial charge is 0.161 e. The fourth-order valence-corrected chi connectivity index (χ4v) is 1.32. The van der Waals surface area contributed by atoms with Crippen LogP contribution in [0.3, 0.4) is 0 Å². The summed E-state index contributed by atoms with van der Waals surface area (Å²) in [4.78, 5) is 11.4. The van der Waals surface area contributed by atoms with Crippen LogP contribution < -0.4 is 0 Å². The molecule has 0 spiro atoms. The summed E-state index contributed by atoms with van der Waals surface area (Å²) in [5.41, 5.74) is 0.193. The van der Waals surface area contributed by atoms with Crippen LogP contribution in [0, 0.1) is 11.3 Å². The Kier molecular flexibility index (Phi) is 3.12. The van der Waals surface area contributed by atoms with E-state index in [-0.39, 0.29) is 17.1 Å². The third-order valence-corrected chi connectivity index (χ3v) is 2.52. The summed E-state index contributed by atoms with van der Waals surface area (Å²) < 4.78 is 0. The van der Waals surface area contributed by atoms with Gasteiger partial charge in [-0.2, -0.15) is 0 Å². The number of ketones is 1. The molecule has 2 heteroatoms. The Labute approximate surface area is 80.3 Å². The zero-order valence-electron chi connectivity index (χ0n) is 8.84. The normalized spacial score (nSPS) is 20.0. The highest BCUT2D eigenvalue weighted by Gasteiger charge is 2.34. The molecule has 1 atom stereocenters. The Balaban J connectivity index is 2.24. The van der Waals surface area contributed by atoms with Gasteiger partial charge in [0, 0.05) is 6.42 Å². The van der Waals surface area contributed by atoms with Crippen LogP contribution >= 0.6 is 0 Å². The third kappa shape index (κ3) is 3.90. The second-order valence-electron chi connectivity index (χ2n) is 5.31. The zero-order chi connectivity index (χ0) is 10.1. The van der Waals surface area contributed by atoms with Crippen LogP contribution in [-0.4, -0.2) is 17.0 Å². The van der Waals surface area contributed by atoms with Crippen LogP contribution in [0.5, 0.6) is 0 Å². The fourth-order valence-electron chi connectivity index (χ4n) is 1.32. The number of carbonyl (C=O) groups is 1. The molecule has 13 heavy (non-hydrogen) atoms. The topological polar surface area (TPSA) is 37.3 Å². The molecule has 0 aromatic carbocycles. The summed E-state index contributed by atoms with van der Waals surface area (Å²) in [5.74, 6) is 0.324. The first kappa shape index (κ1) is 10.7. The average Bonchev–Trinajstić information content (AvgIpc) is 2.79. The van der Waals surface area contributed by atoms with Crippen LogP contribution in [0.15, 0.2) is 0 Å². The van der Waals surface area contributed by atoms with Gasteiger partial charge in [-0.3, -0.25) is 4.79 Å². The molecule has 0 heterocycles. The highest BCUT2D eigenvalue weighted by molar-refractivity contribution is 5.83. The number of carbonyl (C=O) groups excluding carboxylic acids is 1. The van der Waals surface area contributed by atoms with Gasteiger partial charge < -0.3 is 5.11 Å². The molecule has 1 saturated carbocycles. The number of hydrogen-bond acceptors (Lipinski definition) is 2. The van der Waals surface area contributed by atoms with E-state index in [0.29, 0.717) is 6.42 Å². The number of hydrogen-bond donors (Lipinski definition) is 1. The predicted octanol–water partition coefficient (Wildman–Crippen LogP) is 2.15. The Morgan fingerprint density at radius 1 is 1.46 bits per heavy atom. The molecule has 0 aromatic heterocycles. The number of aliphatic hydroxyl groups excluding tert-OH is 1. The van der Waals surface area contributed by atoms with Crippen LogP contribution in [0.1, 0.15) is 46.5 Å². The van der Waals surface area contributed by atoms with E-state index < -0.39 is 6.10 Å². The SMILES string of the molecule is CC(C)(C)CCC(=O)C(O)C1CC1. The summed E-state index contributed by atoms with van der Waals surface area (Å²) in [6, 6.07) is 0. The van der Waals surface area contributed by atoms with E-state index in [2.05, 4.69) is 20.8 Å². The maximum absolute atomic E-state index is 11.4. The quantitative estimate of drug-likeness (QED) is 0.727. The minimum absolute atomic E-state index is 0.0393. The van der Waals surface area contributed by atoms with E-state index in [1.165, 1.54) is 0 Å². The number of aliphatic hydroxyl groups is 1. The minimum Gasteiger partial charge on any atom is -0.385 e. The van der Waals surface area contributed by atoms with E-state index in [9.17, 15) is 9.90 Å². The highest BCUT2D eigenvalue weighted by atomic mass is 16.3. The standard InChI is InChI=1S/C11H20O2/c1-11(2,3)7-6-9(12)10(13)8-4-5-8/h8,10,13H,4-7H2,1-3H3. The lowest BCUT2D eigenvalue weighted by atomic mass is 9.88. The summed E-state index contributed by atoms with van der Waals surface area (Å²) >= 11 is 0. The lowest BCUT2D eigenvalue weighted by Gasteiger charge is -2.18. The largest absolute Gasteiger partial charge is 0.385 e. The van der Waals surface area contributed by atoms with E-state index in [1.807, 2.05) is 0 Å². The summed E-state index contributed by atoms with van der Waals surface area (Å²) in [6.07, 6.45) is 2.80. The van der Waals surface area contributed by atoms with Gasteiger partial charge >= 0.3 is 0 Å². The third-order valence-electron chi connectivity index (χ3n) is 2.52. The summed E-state index contributed by atoms with van der Waals surface area (Å²) in [5, 5.41) is 9.50. The molecule has 2 nitrogen and oxygen atoms in total. The molecule has 0 amide bonds. The van der Waals surface area contributed by atoms with Crippen molar-refractivity contribution in [3.63, 3.8) is 0 Å². The van der Waals surface area contributed by atoms with Gasteiger partial charge in [0.2, 0.25) is 0 Å². The molecular formula is C11H20O2. The molecular weight excluding hydrogens is 164 g/mol. The molecule has 0 aliphatic heterocycles. The van der Waals surface area contributed by atoms with Crippen LogP contribution in [0.4, 0.5) is 0 Å². The van der Waals surface area contributed by atoms with E-state index in [4.69, 9.17) is 0 Å². The molecule has 1 fully saturated rings. The molecule has 1 unspecified atom stereocenters. The van der Waals surface area contributed by atoms with Gasteiger partial charge in [0.05, 0.1) is 0 Å². The first-order chi connectivity index (χ1) is 5.90. The molecule has 0 radical (unpaired) electrons. The molecule has 76 valence electrons. The Hall–Kier alpha value is -0.370. The van der Waals surface area contributed by atoms with Gasteiger partial charge in [0.25, 0.3) is 0 Å². The molecule has 1 N–H and O–H groups in total. The predicted molar refractivity (Wildman–Crippen MR) is 52.4 cm³/mol. The van der Waals surface area contributed by atoms with E-state index >= 15 is 0 Å². The van der Waals surface area contributed by atoms with E-state index in [0.717, 1.165) is 19.3 Å². The fraction of sp³-hybridized carbons (Fsp3) is 0.909. The molecule has 1 aliphatic rings. The first-order valence-corrected chi connectivity index (χ1v) is 5.11. The van der Waals surface area contributed by atoms with Gasteiger partial charge in [-0.15, -0.1) is 0 Å². The van der Waals surface area contributed by atoms with Crippen LogP contribution in [0.2, 0.25) is 0 Å². The van der Waals surface area contributed by atoms with Crippen LogP contribution in [0.25, 0.3) is 0 Å². The lowest BCUT2D eigenvalue weighted by molar-refractivity contribution is -0.128. The van der Waals surface area contributed by atoms with Crippen molar-refractivity contribution in [2.45, 2.75) is 52.6 Å². The van der Waals surface area contributed by atoms with Crippen molar-refractivity contribution >= 4 is 5.78 Å². The van der Waals surface area contributed by atoms with Crippen molar-refractivity contribution in [2.24, 2.45) is 11.3 Å². The summed E-state index contributed by atoms with van der Waals surface area (Å²) in [6.45, 7) is 6.34. The monoisotopic (exact) mass is 184 g/mol. The molecule has 1 aliphatic carbocycles. The second kappa shape index (κ2) is 3.79. The molecule has 0 bridgehead atoms. The van der Waals surface area contributed by atoms with Gasteiger partial charge in [-0.25, -0.2) is 0 Å². The molecule has 0 aromatic rings. The van der Waals surface area contributed by atoms with Crippen molar-refractivity contribution in [3.8, 4) is 0 Å². The second-order valence-corrected chi connectivity index (χ2v) is 5.31. The maximum Gasteiger partial charge on any atom is 0.161 e. The van der Waals surface area contributed by atoms with Crippen molar-refractivity contribution in [2.75, 3.05) is 0 Å². The Morgan fingerprint density at radius 2 is 2.00 bits per heavy atom. The van der Waals surface area contributed by atoms with Crippen molar-refractivity contribution in [1.82, 2.24) is 0 Å². The minimum atomic E-state index is -0.664. The molecule has 1 rings (SSSR count). The van der Waals surface area contributed by atoms with Gasteiger partial charge in [-0.05, 0) is 30.6 Å². The average molecular weight is 184 g/mol. The van der Waals surface area contributed by atoms with Gasteiger partial charge in [0.15, 0.2) is 5.78 Å².